The zero-order chi connectivity index (χ0) is 29.4. The quantitative estimate of drug-likeness (QED) is 0.269. The molecule has 1 N–H and O–H groups in total. The fourth-order valence-corrected chi connectivity index (χ4v) is 5.60. The number of carbonyl (C=O) groups excluding carboxylic acids is 2. The second kappa shape index (κ2) is 14.2. The number of halogens is 3. The van der Waals surface area contributed by atoms with Crippen molar-refractivity contribution in [2.24, 2.45) is 0 Å². The average molecular weight is 625 g/mol. The Morgan fingerprint density at radius 1 is 0.900 bits per heavy atom. The van der Waals surface area contributed by atoms with Crippen molar-refractivity contribution in [3.63, 3.8) is 0 Å². The normalized spacial score (nSPS) is 12.8. The summed E-state index contributed by atoms with van der Waals surface area (Å²) in [5.41, 5.74) is 1.59. The number of hydrogen-bond acceptors (Lipinski definition) is 4. The largest absolute Gasteiger partial charge is 0.352 e. The summed E-state index contributed by atoms with van der Waals surface area (Å²) in [6.45, 7) is 3.25. The van der Waals surface area contributed by atoms with E-state index < -0.39 is 28.5 Å². The minimum atomic E-state index is -3.97. The zero-order valence-corrected chi connectivity index (χ0v) is 25.6. The number of sulfonamides is 1. The fourth-order valence-electron chi connectivity index (χ4n) is 4.10. The van der Waals surface area contributed by atoms with Gasteiger partial charge in [0.2, 0.25) is 21.8 Å². The van der Waals surface area contributed by atoms with Crippen molar-refractivity contribution in [3.05, 3.63) is 99.0 Å². The predicted octanol–water partition coefficient (Wildman–Crippen LogP) is 5.97. The lowest BCUT2D eigenvalue weighted by Crippen LogP contribution is -2.54. The van der Waals surface area contributed by atoms with E-state index in [1.165, 1.54) is 23.1 Å². The molecule has 0 heterocycles. The van der Waals surface area contributed by atoms with Gasteiger partial charge in [-0.3, -0.25) is 13.9 Å². The van der Waals surface area contributed by atoms with E-state index in [0.717, 1.165) is 16.1 Å². The maximum absolute atomic E-state index is 14.1. The first-order valence-electron chi connectivity index (χ1n) is 12.7. The van der Waals surface area contributed by atoms with Crippen LogP contribution in [0, 0.1) is 0 Å². The Morgan fingerprint density at radius 2 is 1.55 bits per heavy atom. The Bertz CT molecular complexity index is 1440. The molecule has 0 aromatic heterocycles. The first kappa shape index (κ1) is 31.7. The summed E-state index contributed by atoms with van der Waals surface area (Å²) < 4.78 is 26.7. The van der Waals surface area contributed by atoms with Crippen LogP contribution in [-0.4, -0.2) is 50.0 Å². The second-order valence-electron chi connectivity index (χ2n) is 9.54. The molecule has 0 radical (unpaired) electrons. The van der Waals surface area contributed by atoms with Crippen LogP contribution >= 0.6 is 34.8 Å². The first-order chi connectivity index (χ1) is 18.9. The van der Waals surface area contributed by atoms with E-state index in [1.54, 1.807) is 24.3 Å². The summed E-state index contributed by atoms with van der Waals surface area (Å²) in [5, 5.41) is 3.82. The van der Waals surface area contributed by atoms with Crippen molar-refractivity contribution in [2.75, 3.05) is 17.1 Å². The molecule has 0 aliphatic rings. The van der Waals surface area contributed by atoms with E-state index in [2.05, 4.69) is 5.32 Å². The van der Waals surface area contributed by atoms with Gasteiger partial charge < -0.3 is 10.2 Å². The monoisotopic (exact) mass is 623 g/mol. The lowest BCUT2D eigenvalue weighted by Gasteiger charge is -2.34. The second-order valence-corrected chi connectivity index (χ2v) is 12.7. The molecule has 0 fully saturated rings. The van der Waals surface area contributed by atoms with Gasteiger partial charge in [0.25, 0.3) is 0 Å². The molecule has 0 aliphatic carbocycles. The number of benzene rings is 3. The van der Waals surface area contributed by atoms with E-state index in [0.29, 0.717) is 17.0 Å². The van der Waals surface area contributed by atoms with Crippen molar-refractivity contribution >= 4 is 62.3 Å². The summed E-state index contributed by atoms with van der Waals surface area (Å²) in [5.74, 6) is -0.943. The van der Waals surface area contributed by atoms with Crippen LogP contribution in [0.5, 0.6) is 0 Å². The van der Waals surface area contributed by atoms with Gasteiger partial charge >= 0.3 is 0 Å². The van der Waals surface area contributed by atoms with Crippen LogP contribution in [0.2, 0.25) is 15.1 Å². The fraction of sp³-hybridized carbons (Fsp3) is 0.310. The third-order valence-electron chi connectivity index (χ3n) is 6.37. The lowest BCUT2D eigenvalue weighted by molar-refractivity contribution is -0.140. The maximum Gasteiger partial charge on any atom is 0.244 e. The molecule has 7 nitrogen and oxygen atoms in total. The van der Waals surface area contributed by atoms with Crippen LogP contribution in [0.3, 0.4) is 0 Å². The molecule has 0 bridgehead atoms. The Hall–Kier alpha value is -2.78. The number of nitrogens with one attached hydrogen (secondary N) is 1. The average Bonchev–Trinajstić information content (AvgIpc) is 2.90. The number of anilines is 1. The molecule has 3 aromatic carbocycles. The van der Waals surface area contributed by atoms with Gasteiger partial charge in [0.15, 0.2) is 0 Å². The third kappa shape index (κ3) is 8.86. The highest BCUT2D eigenvalue weighted by atomic mass is 35.5. The third-order valence-corrected chi connectivity index (χ3v) is 8.29. The van der Waals surface area contributed by atoms with E-state index in [1.807, 2.05) is 44.2 Å². The molecule has 0 aliphatic heterocycles. The zero-order valence-electron chi connectivity index (χ0n) is 22.5. The van der Waals surface area contributed by atoms with E-state index in [4.69, 9.17) is 34.8 Å². The highest BCUT2D eigenvalue weighted by Crippen LogP contribution is 2.31. The number of amides is 2. The number of carbonyl (C=O) groups is 2. The van der Waals surface area contributed by atoms with Crippen molar-refractivity contribution in [1.82, 2.24) is 10.2 Å². The molecule has 0 spiro atoms. The minimum Gasteiger partial charge on any atom is -0.352 e. The van der Waals surface area contributed by atoms with Gasteiger partial charge in [0.1, 0.15) is 12.6 Å². The molecular formula is C29H32Cl3N3O4S. The Morgan fingerprint density at radius 3 is 2.17 bits per heavy atom. The smallest absolute Gasteiger partial charge is 0.244 e. The Kier molecular flexibility index (Phi) is 11.3. The maximum atomic E-state index is 14.1. The number of rotatable bonds is 12. The Labute approximate surface area is 251 Å². The highest BCUT2D eigenvalue weighted by Gasteiger charge is 2.34. The van der Waals surface area contributed by atoms with Crippen molar-refractivity contribution in [2.45, 2.75) is 45.3 Å². The van der Waals surface area contributed by atoms with Gasteiger partial charge in [-0.1, -0.05) is 84.2 Å². The predicted molar refractivity (Wildman–Crippen MR) is 162 cm³/mol. The molecule has 3 rings (SSSR count). The molecule has 0 unspecified atom stereocenters. The van der Waals surface area contributed by atoms with Gasteiger partial charge in [0, 0.05) is 29.1 Å². The van der Waals surface area contributed by atoms with Crippen molar-refractivity contribution in [3.8, 4) is 0 Å². The molecule has 0 saturated carbocycles. The lowest BCUT2D eigenvalue weighted by atomic mass is 10.0. The molecule has 2 amide bonds. The number of nitrogens with zero attached hydrogens (tertiary/aromatic N) is 2. The standard InChI is InChI=1S/C29H32Cl3N3O4S/c1-4-20(2)33-29(37)27(16-21-9-6-5-7-10-21)34(18-22-11-8-12-23(30)15-22)28(36)19-35(40(3,38)39)26-17-24(31)13-14-25(26)32/h5-15,17,20,27H,4,16,18-19H2,1-3H3,(H,33,37)/t20-,27-/m1/s1. The summed E-state index contributed by atoms with van der Waals surface area (Å²) in [6.07, 6.45) is 1.89. The molecule has 40 heavy (non-hydrogen) atoms. The number of hydrogen-bond donors (Lipinski definition) is 1. The van der Waals surface area contributed by atoms with Crippen molar-refractivity contribution < 1.29 is 18.0 Å². The van der Waals surface area contributed by atoms with Crippen LogP contribution in [-0.2, 0) is 32.6 Å². The van der Waals surface area contributed by atoms with Gasteiger partial charge in [-0.25, -0.2) is 8.42 Å². The van der Waals surface area contributed by atoms with E-state index in [-0.39, 0.29) is 40.6 Å². The van der Waals surface area contributed by atoms with E-state index >= 15 is 0 Å². The summed E-state index contributed by atoms with van der Waals surface area (Å²) in [4.78, 5) is 29.1. The molecule has 0 saturated heterocycles. The first-order valence-corrected chi connectivity index (χ1v) is 15.7. The molecule has 214 valence electrons. The van der Waals surface area contributed by atoms with E-state index in [9.17, 15) is 18.0 Å². The summed E-state index contributed by atoms with van der Waals surface area (Å²) in [7, 11) is -3.97. The molecule has 2 atom stereocenters. The summed E-state index contributed by atoms with van der Waals surface area (Å²) in [6, 6.07) is 19.6. The minimum absolute atomic E-state index is 0.0195. The van der Waals surface area contributed by atoms with Crippen LogP contribution in [0.4, 0.5) is 5.69 Å². The molecular weight excluding hydrogens is 593 g/mol. The molecule has 3 aromatic rings. The van der Waals surface area contributed by atoms with Crippen LogP contribution in [0.15, 0.2) is 72.8 Å². The molecule has 11 heteroatoms. The van der Waals surface area contributed by atoms with Crippen molar-refractivity contribution in [1.29, 1.82) is 0 Å². The highest BCUT2D eigenvalue weighted by molar-refractivity contribution is 7.92. The van der Waals surface area contributed by atoms with Gasteiger partial charge in [0.05, 0.1) is 17.0 Å². The summed E-state index contributed by atoms with van der Waals surface area (Å²) >= 11 is 18.7. The van der Waals surface area contributed by atoms with Crippen LogP contribution in [0.1, 0.15) is 31.4 Å². The SMILES string of the molecule is CC[C@@H](C)NC(=O)[C@@H](Cc1ccccc1)N(Cc1cccc(Cl)c1)C(=O)CN(c1cc(Cl)ccc1Cl)S(C)(=O)=O. The van der Waals surface area contributed by atoms with Gasteiger partial charge in [-0.2, -0.15) is 0 Å². The van der Waals surface area contributed by atoms with Gasteiger partial charge in [-0.05, 0) is 54.8 Å². The topological polar surface area (TPSA) is 86.8 Å². The van der Waals surface area contributed by atoms with Crippen LogP contribution < -0.4 is 9.62 Å². The van der Waals surface area contributed by atoms with Crippen LogP contribution in [0.25, 0.3) is 0 Å². The van der Waals surface area contributed by atoms with Gasteiger partial charge in [-0.15, -0.1) is 0 Å². The Balaban J connectivity index is 2.09.